The number of ether oxygens (including phenoxy) is 2. The van der Waals surface area contributed by atoms with Crippen LogP contribution in [-0.2, 0) is 6.61 Å². The Kier molecular flexibility index (Phi) is 5.36. The van der Waals surface area contributed by atoms with E-state index >= 15 is 0 Å². The van der Waals surface area contributed by atoms with Crippen LogP contribution in [0.4, 0.5) is 5.95 Å². The molecule has 7 heteroatoms. The van der Waals surface area contributed by atoms with Gasteiger partial charge in [0.1, 0.15) is 12.4 Å². The molecule has 0 aliphatic carbocycles. The van der Waals surface area contributed by atoms with E-state index in [2.05, 4.69) is 27.2 Å². The van der Waals surface area contributed by atoms with E-state index in [1.165, 1.54) is 0 Å². The highest BCUT2D eigenvalue weighted by molar-refractivity contribution is 5.27. The summed E-state index contributed by atoms with van der Waals surface area (Å²) in [6.45, 7) is 6.90. The first-order chi connectivity index (χ1) is 10.2. The molecule has 0 bridgehead atoms. The van der Waals surface area contributed by atoms with Crippen LogP contribution >= 0.6 is 0 Å². The van der Waals surface area contributed by atoms with E-state index in [-0.39, 0.29) is 24.7 Å². The summed E-state index contributed by atoms with van der Waals surface area (Å²) in [5, 5.41) is 3.10. The van der Waals surface area contributed by atoms with Crippen molar-refractivity contribution in [1.29, 1.82) is 0 Å². The Hall–Kier alpha value is -2.31. The van der Waals surface area contributed by atoms with Crippen molar-refractivity contribution in [3.8, 4) is 12.0 Å². The highest BCUT2D eigenvalue weighted by Gasteiger charge is 2.10. The predicted octanol–water partition coefficient (Wildman–Crippen LogP) is 2.65. The molecule has 0 saturated heterocycles. The minimum absolute atomic E-state index is 0.0238. The number of nitrogens with zero attached hydrogens (tertiary/aromatic N) is 3. The maximum Gasteiger partial charge on any atom is 0.324 e. The van der Waals surface area contributed by atoms with Gasteiger partial charge in [0.2, 0.25) is 5.95 Å². The van der Waals surface area contributed by atoms with Crippen molar-refractivity contribution in [2.75, 3.05) is 11.9 Å². The summed E-state index contributed by atoms with van der Waals surface area (Å²) in [5.74, 6) is 1.14. The molecule has 0 radical (unpaired) electrons. The Morgan fingerprint density at radius 3 is 2.71 bits per heavy atom. The zero-order chi connectivity index (χ0) is 15.1. The predicted molar refractivity (Wildman–Crippen MR) is 77.4 cm³/mol. The fraction of sp³-hybridized carbons (Fsp3) is 0.500. The van der Waals surface area contributed by atoms with Gasteiger partial charge >= 0.3 is 12.0 Å². The molecule has 114 valence electrons. The van der Waals surface area contributed by atoms with E-state index < -0.39 is 0 Å². The van der Waals surface area contributed by atoms with Gasteiger partial charge < -0.3 is 19.2 Å². The van der Waals surface area contributed by atoms with E-state index in [0.29, 0.717) is 11.7 Å². The molecule has 2 aromatic rings. The van der Waals surface area contributed by atoms with E-state index in [1.807, 2.05) is 19.9 Å². The standard InChI is InChI=1S/C14H20N4O3/c1-4-7-15-12-16-13(18-14(17-12)21-10(2)3)20-9-11-6-5-8-19-11/h5-6,8,10H,4,7,9H2,1-3H3,(H,15,16,17,18). The average Bonchev–Trinajstić information content (AvgIpc) is 2.95. The van der Waals surface area contributed by atoms with Gasteiger partial charge in [0, 0.05) is 6.54 Å². The first kappa shape index (κ1) is 15.1. The Balaban J connectivity index is 2.09. The molecule has 0 aromatic carbocycles. The molecule has 7 nitrogen and oxygen atoms in total. The van der Waals surface area contributed by atoms with Gasteiger partial charge in [-0.1, -0.05) is 6.92 Å². The fourth-order valence-electron chi connectivity index (χ4n) is 1.51. The summed E-state index contributed by atoms with van der Waals surface area (Å²) >= 11 is 0. The molecule has 0 amide bonds. The number of nitrogens with one attached hydrogen (secondary N) is 1. The lowest BCUT2D eigenvalue weighted by atomic mass is 10.5. The first-order valence-electron chi connectivity index (χ1n) is 6.99. The van der Waals surface area contributed by atoms with E-state index in [4.69, 9.17) is 13.9 Å². The molecule has 0 spiro atoms. The van der Waals surface area contributed by atoms with Crippen LogP contribution in [0.3, 0.4) is 0 Å². The van der Waals surface area contributed by atoms with Gasteiger partial charge in [0.05, 0.1) is 12.4 Å². The zero-order valence-electron chi connectivity index (χ0n) is 12.5. The third-order valence-corrected chi connectivity index (χ3v) is 2.39. The van der Waals surface area contributed by atoms with Crippen LogP contribution < -0.4 is 14.8 Å². The second-order valence-corrected chi connectivity index (χ2v) is 4.69. The van der Waals surface area contributed by atoms with Gasteiger partial charge in [-0.25, -0.2) is 0 Å². The summed E-state index contributed by atoms with van der Waals surface area (Å²) in [4.78, 5) is 12.5. The Morgan fingerprint density at radius 1 is 1.24 bits per heavy atom. The van der Waals surface area contributed by atoms with Crippen molar-refractivity contribution < 1.29 is 13.9 Å². The quantitative estimate of drug-likeness (QED) is 0.800. The SMILES string of the molecule is CCCNc1nc(OCc2ccco2)nc(OC(C)C)n1. The molecule has 0 aliphatic rings. The lowest BCUT2D eigenvalue weighted by Crippen LogP contribution is -2.13. The van der Waals surface area contributed by atoms with Crippen molar-refractivity contribution in [2.24, 2.45) is 0 Å². The summed E-state index contributed by atoms with van der Waals surface area (Å²) in [6.07, 6.45) is 2.53. The minimum atomic E-state index is -0.0238. The van der Waals surface area contributed by atoms with Gasteiger partial charge in [-0.2, -0.15) is 9.97 Å². The number of aromatic nitrogens is 3. The molecule has 0 atom stereocenters. The van der Waals surface area contributed by atoms with Crippen LogP contribution in [0.25, 0.3) is 0 Å². The number of anilines is 1. The molecule has 0 unspecified atom stereocenters. The van der Waals surface area contributed by atoms with Crippen molar-refractivity contribution >= 4 is 5.95 Å². The smallest absolute Gasteiger partial charge is 0.324 e. The summed E-state index contributed by atoms with van der Waals surface area (Å²) < 4.78 is 16.2. The molecule has 0 fully saturated rings. The zero-order valence-corrected chi connectivity index (χ0v) is 12.5. The molecular weight excluding hydrogens is 272 g/mol. The fourth-order valence-corrected chi connectivity index (χ4v) is 1.51. The maximum atomic E-state index is 5.52. The van der Waals surface area contributed by atoms with Crippen LogP contribution in [0.5, 0.6) is 12.0 Å². The number of rotatable bonds is 8. The van der Waals surface area contributed by atoms with Gasteiger partial charge in [0.15, 0.2) is 0 Å². The molecule has 0 aliphatic heterocycles. The Labute approximate surface area is 123 Å². The molecule has 2 aromatic heterocycles. The molecular formula is C14H20N4O3. The third-order valence-electron chi connectivity index (χ3n) is 2.39. The lowest BCUT2D eigenvalue weighted by molar-refractivity contribution is 0.207. The third kappa shape index (κ3) is 4.94. The first-order valence-corrected chi connectivity index (χ1v) is 6.99. The maximum absolute atomic E-state index is 5.52. The van der Waals surface area contributed by atoms with Crippen LogP contribution in [0.1, 0.15) is 33.0 Å². The van der Waals surface area contributed by atoms with Gasteiger partial charge in [-0.15, -0.1) is 4.98 Å². The molecule has 2 rings (SSSR count). The van der Waals surface area contributed by atoms with E-state index in [9.17, 15) is 0 Å². The largest absolute Gasteiger partial charge is 0.466 e. The van der Waals surface area contributed by atoms with Crippen molar-refractivity contribution in [3.05, 3.63) is 24.2 Å². The Morgan fingerprint density at radius 2 is 2.05 bits per heavy atom. The van der Waals surface area contributed by atoms with Crippen LogP contribution in [-0.4, -0.2) is 27.6 Å². The van der Waals surface area contributed by atoms with Crippen molar-refractivity contribution in [3.63, 3.8) is 0 Å². The van der Waals surface area contributed by atoms with E-state index in [0.717, 1.165) is 13.0 Å². The van der Waals surface area contributed by atoms with Crippen LogP contribution in [0, 0.1) is 0 Å². The van der Waals surface area contributed by atoms with Crippen LogP contribution in [0.2, 0.25) is 0 Å². The van der Waals surface area contributed by atoms with E-state index in [1.54, 1.807) is 12.3 Å². The summed E-state index contributed by atoms with van der Waals surface area (Å²) in [5.41, 5.74) is 0. The highest BCUT2D eigenvalue weighted by atomic mass is 16.5. The van der Waals surface area contributed by atoms with Gasteiger partial charge in [-0.05, 0) is 32.4 Å². The van der Waals surface area contributed by atoms with Crippen molar-refractivity contribution in [2.45, 2.75) is 39.9 Å². The second kappa shape index (κ2) is 7.47. The monoisotopic (exact) mass is 292 g/mol. The molecule has 1 N–H and O–H groups in total. The number of furan rings is 1. The Bertz CT molecular complexity index is 543. The molecule has 0 saturated carbocycles. The number of hydrogen-bond acceptors (Lipinski definition) is 7. The molecule has 21 heavy (non-hydrogen) atoms. The average molecular weight is 292 g/mol. The second-order valence-electron chi connectivity index (χ2n) is 4.69. The van der Waals surface area contributed by atoms with Crippen molar-refractivity contribution in [1.82, 2.24) is 15.0 Å². The number of hydrogen-bond donors (Lipinski definition) is 1. The lowest BCUT2D eigenvalue weighted by Gasteiger charge is -2.11. The molecule has 2 heterocycles. The summed E-state index contributed by atoms with van der Waals surface area (Å²) in [7, 11) is 0. The van der Waals surface area contributed by atoms with Crippen LogP contribution in [0.15, 0.2) is 22.8 Å². The van der Waals surface area contributed by atoms with Gasteiger partial charge in [0.25, 0.3) is 0 Å². The normalized spacial score (nSPS) is 10.7. The minimum Gasteiger partial charge on any atom is -0.466 e. The highest BCUT2D eigenvalue weighted by Crippen LogP contribution is 2.15. The van der Waals surface area contributed by atoms with Gasteiger partial charge in [-0.3, -0.25) is 0 Å². The summed E-state index contributed by atoms with van der Waals surface area (Å²) in [6, 6.07) is 4.07. The topological polar surface area (TPSA) is 82.3 Å².